The Labute approximate surface area is 132 Å². The Balaban J connectivity index is 1.81. The van der Waals surface area contributed by atoms with Crippen molar-refractivity contribution in [1.82, 2.24) is 10.2 Å². The van der Waals surface area contributed by atoms with Crippen molar-refractivity contribution >= 4 is 29.3 Å². The number of hydrogen-bond donors (Lipinski definition) is 0. The lowest BCUT2D eigenvalue weighted by molar-refractivity contribution is -0.143. The van der Waals surface area contributed by atoms with Gasteiger partial charge in [-0.2, -0.15) is 0 Å². The monoisotopic (exact) mass is 326 g/mol. The maximum Gasteiger partial charge on any atom is 0.305 e. The van der Waals surface area contributed by atoms with Gasteiger partial charge < -0.3 is 9.15 Å². The molecule has 0 radical (unpaired) electrons. The van der Waals surface area contributed by atoms with E-state index in [0.29, 0.717) is 35.6 Å². The van der Waals surface area contributed by atoms with Gasteiger partial charge in [0.2, 0.25) is 5.89 Å². The number of halogens is 1. The first kappa shape index (κ1) is 15.9. The second kappa shape index (κ2) is 8.05. The first-order valence-corrected chi connectivity index (χ1v) is 7.93. The summed E-state index contributed by atoms with van der Waals surface area (Å²) in [4.78, 5) is 11.2. The average Bonchev–Trinajstić information content (AvgIpc) is 2.93. The van der Waals surface area contributed by atoms with Gasteiger partial charge >= 0.3 is 5.97 Å². The van der Waals surface area contributed by atoms with Crippen molar-refractivity contribution in [3.05, 3.63) is 29.3 Å². The molecule has 0 fully saturated rings. The van der Waals surface area contributed by atoms with E-state index in [4.69, 9.17) is 20.8 Å². The molecule has 1 aromatic heterocycles. The van der Waals surface area contributed by atoms with E-state index in [-0.39, 0.29) is 5.97 Å². The summed E-state index contributed by atoms with van der Waals surface area (Å²) in [5.74, 6) is 1.01. The number of nitrogens with zero attached hydrogens (tertiary/aromatic N) is 2. The molecule has 0 amide bonds. The number of esters is 1. The number of carbonyl (C=O) groups excluding carboxylic acids is 1. The van der Waals surface area contributed by atoms with Crippen LogP contribution in [0.3, 0.4) is 0 Å². The Morgan fingerprint density at radius 1 is 1.33 bits per heavy atom. The standard InChI is InChI=1S/C14H15ClN2O3S/c1-2-19-12(18)4-3-9-21-14-17-16-13(20-14)10-5-7-11(15)8-6-10/h5-8H,2-4,9H2,1H3. The molecule has 0 saturated carbocycles. The van der Waals surface area contributed by atoms with Gasteiger partial charge in [-0.15, -0.1) is 10.2 Å². The van der Waals surface area contributed by atoms with Crippen LogP contribution in [-0.4, -0.2) is 28.5 Å². The molecule has 0 saturated heterocycles. The highest BCUT2D eigenvalue weighted by molar-refractivity contribution is 7.99. The van der Waals surface area contributed by atoms with E-state index in [1.807, 2.05) is 12.1 Å². The number of rotatable bonds is 7. The maximum absolute atomic E-state index is 11.2. The molecule has 0 spiro atoms. The molecule has 7 heteroatoms. The molecule has 112 valence electrons. The number of benzene rings is 1. The summed E-state index contributed by atoms with van der Waals surface area (Å²) in [6.45, 7) is 2.21. The summed E-state index contributed by atoms with van der Waals surface area (Å²) in [5, 5.41) is 9.10. The smallest absolute Gasteiger partial charge is 0.305 e. The lowest BCUT2D eigenvalue weighted by Gasteiger charge is -1.99. The van der Waals surface area contributed by atoms with Crippen LogP contribution in [0.1, 0.15) is 19.8 Å². The second-order valence-corrected chi connectivity index (χ2v) is 5.62. The minimum atomic E-state index is -0.175. The minimum absolute atomic E-state index is 0.175. The molecule has 0 atom stereocenters. The SMILES string of the molecule is CCOC(=O)CCCSc1nnc(-c2ccc(Cl)cc2)o1. The topological polar surface area (TPSA) is 65.2 Å². The zero-order valence-electron chi connectivity index (χ0n) is 11.5. The Hall–Kier alpha value is -1.53. The van der Waals surface area contributed by atoms with Crippen molar-refractivity contribution in [2.24, 2.45) is 0 Å². The second-order valence-electron chi connectivity index (χ2n) is 4.14. The average molecular weight is 327 g/mol. The maximum atomic E-state index is 11.2. The van der Waals surface area contributed by atoms with Gasteiger partial charge in [-0.05, 0) is 37.6 Å². The molecule has 2 rings (SSSR count). The summed E-state index contributed by atoms with van der Waals surface area (Å²) in [5.41, 5.74) is 0.824. The van der Waals surface area contributed by atoms with Crippen molar-refractivity contribution in [3.63, 3.8) is 0 Å². The van der Waals surface area contributed by atoms with Crippen molar-refractivity contribution in [2.45, 2.75) is 25.0 Å². The van der Waals surface area contributed by atoms with Crippen LogP contribution in [0.25, 0.3) is 11.5 Å². The van der Waals surface area contributed by atoms with Gasteiger partial charge in [-0.25, -0.2) is 0 Å². The molecular formula is C14H15ClN2O3S. The minimum Gasteiger partial charge on any atom is -0.466 e. The Kier molecular flexibility index (Phi) is 6.07. The van der Waals surface area contributed by atoms with Gasteiger partial charge in [-0.1, -0.05) is 23.4 Å². The lowest BCUT2D eigenvalue weighted by Crippen LogP contribution is -2.03. The Morgan fingerprint density at radius 3 is 2.81 bits per heavy atom. The first-order valence-electron chi connectivity index (χ1n) is 6.57. The third kappa shape index (κ3) is 5.06. The highest BCUT2D eigenvalue weighted by atomic mass is 35.5. The van der Waals surface area contributed by atoms with Crippen molar-refractivity contribution < 1.29 is 13.9 Å². The predicted octanol–water partition coefficient (Wildman–Crippen LogP) is 3.83. The number of aromatic nitrogens is 2. The number of carbonyl (C=O) groups is 1. The number of thioether (sulfide) groups is 1. The highest BCUT2D eigenvalue weighted by Crippen LogP contribution is 2.24. The summed E-state index contributed by atoms with van der Waals surface area (Å²) in [6, 6.07) is 7.19. The molecule has 21 heavy (non-hydrogen) atoms. The number of hydrogen-bond acceptors (Lipinski definition) is 6. The molecule has 1 heterocycles. The molecule has 0 aliphatic carbocycles. The molecule has 5 nitrogen and oxygen atoms in total. The van der Waals surface area contributed by atoms with E-state index in [9.17, 15) is 4.79 Å². The van der Waals surface area contributed by atoms with Crippen LogP contribution in [-0.2, 0) is 9.53 Å². The van der Waals surface area contributed by atoms with Crippen LogP contribution in [0.4, 0.5) is 0 Å². The number of ether oxygens (including phenoxy) is 1. The van der Waals surface area contributed by atoms with Crippen LogP contribution in [0.15, 0.2) is 33.9 Å². The molecule has 0 unspecified atom stereocenters. The van der Waals surface area contributed by atoms with Crippen molar-refractivity contribution in [3.8, 4) is 11.5 Å². The molecule has 0 aliphatic rings. The molecule has 2 aromatic rings. The van der Waals surface area contributed by atoms with Crippen LogP contribution in [0.2, 0.25) is 5.02 Å². The van der Waals surface area contributed by atoms with E-state index in [0.717, 1.165) is 11.3 Å². The fourth-order valence-electron chi connectivity index (χ4n) is 1.59. The summed E-state index contributed by atoms with van der Waals surface area (Å²) in [6.07, 6.45) is 1.11. The van der Waals surface area contributed by atoms with Crippen molar-refractivity contribution in [1.29, 1.82) is 0 Å². The van der Waals surface area contributed by atoms with Crippen LogP contribution in [0.5, 0.6) is 0 Å². The molecule has 0 aliphatic heterocycles. The van der Waals surface area contributed by atoms with Gasteiger partial charge in [-0.3, -0.25) is 4.79 Å². The summed E-state index contributed by atoms with van der Waals surface area (Å²) < 4.78 is 10.4. The van der Waals surface area contributed by atoms with Gasteiger partial charge in [0, 0.05) is 22.8 Å². The van der Waals surface area contributed by atoms with Gasteiger partial charge in [0.15, 0.2) is 0 Å². The summed E-state index contributed by atoms with van der Waals surface area (Å²) >= 11 is 7.25. The largest absolute Gasteiger partial charge is 0.466 e. The highest BCUT2D eigenvalue weighted by Gasteiger charge is 2.09. The van der Waals surface area contributed by atoms with E-state index in [2.05, 4.69) is 10.2 Å². The summed E-state index contributed by atoms with van der Waals surface area (Å²) in [7, 11) is 0. The van der Waals surface area contributed by atoms with E-state index >= 15 is 0 Å². The van der Waals surface area contributed by atoms with Gasteiger partial charge in [0.25, 0.3) is 5.22 Å². The van der Waals surface area contributed by atoms with E-state index in [1.165, 1.54) is 11.8 Å². The first-order chi connectivity index (χ1) is 10.2. The van der Waals surface area contributed by atoms with E-state index < -0.39 is 0 Å². The Bertz CT molecular complexity index is 586. The quantitative estimate of drug-likeness (QED) is 0.438. The van der Waals surface area contributed by atoms with Crippen LogP contribution >= 0.6 is 23.4 Å². The normalized spacial score (nSPS) is 10.6. The zero-order valence-corrected chi connectivity index (χ0v) is 13.1. The molecule has 0 N–H and O–H groups in total. The zero-order chi connectivity index (χ0) is 15.1. The molecule has 1 aromatic carbocycles. The van der Waals surface area contributed by atoms with Gasteiger partial charge in [0.05, 0.1) is 6.61 Å². The molecule has 0 bridgehead atoms. The third-order valence-corrected chi connectivity index (χ3v) is 3.71. The van der Waals surface area contributed by atoms with Gasteiger partial charge in [0.1, 0.15) is 0 Å². The van der Waals surface area contributed by atoms with Crippen LogP contribution < -0.4 is 0 Å². The van der Waals surface area contributed by atoms with E-state index in [1.54, 1.807) is 19.1 Å². The van der Waals surface area contributed by atoms with Crippen LogP contribution in [0, 0.1) is 0 Å². The van der Waals surface area contributed by atoms with Crippen molar-refractivity contribution in [2.75, 3.05) is 12.4 Å². The molecular weight excluding hydrogens is 312 g/mol. The lowest BCUT2D eigenvalue weighted by atomic mass is 10.2. The fourth-order valence-corrected chi connectivity index (χ4v) is 2.41. The predicted molar refractivity (Wildman–Crippen MR) is 81.3 cm³/mol. The fraction of sp³-hybridized carbons (Fsp3) is 0.357. The third-order valence-electron chi connectivity index (χ3n) is 2.55. The Morgan fingerprint density at radius 2 is 2.10 bits per heavy atom.